The summed E-state index contributed by atoms with van der Waals surface area (Å²) in [7, 11) is -1.50. The molecule has 0 aromatic heterocycles. The van der Waals surface area contributed by atoms with Gasteiger partial charge in [-0.05, 0) is 29.3 Å². The van der Waals surface area contributed by atoms with E-state index in [1.54, 1.807) is 25.2 Å². The lowest BCUT2D eigenvalue weighted by Crippen LogP contribution is -2.36. The highest BCUT2D eigenvalue weighted by molar-refractivity contribution is 7.89. The van der Waals surface area contributed by atoms with Crippen LogP contribution in [0.2, 0.25) is 5.02 Å². The molecule has 0 amide bonds. The number of guanidine groups is 1. The molecule has 2 rings (SSSR count). The molecule has 6 nitrogen and oxygen atoms in total. The molecule has 158 valence electrons. The number of aliphatic imine (C=N–C) groups is 1. The second kappa shape index (κ2) is 10.4. The summed E-state index contributed by atoms with van der Waals surface area (Å²) in [5.41, 5.74) is 2.10. The predicted molar refractivity (Wildman–Crippen MR) is 110 cm³/mol. The molecule has 0 aliphatic heterocycles. The van der Waals surface area contributed by atoms with Crippen LogP contribution in [-0.4, -0.2) is 34.3 Å². The number of nitrogens with one attached hydrogen (secondary N) is 2. The van der Waals surface area contributed by atoms with Crippen LogP contribution in [0.4, 0.5) is 8.78 Å². The van der Waals surface area contributed by atoms with Crippen molar-refractivity contribution in [3.8, 4) is 5.75 Å². The van der Waals surface area contributed by atoms with Gasteiger partial charge in [-0.15, -0.1) is 0 Å². The molecule has 0 bridgehead atoms. The average Bonchev–Trinajstić information content (AvgIpc) is 2.63. The summed E-state index contributed by atoms with van der Waals surface area (Å²) in [5.74, 6) is 0.481. The number of halogens is 3. The largest absolute Gasteiger partial charge is 0.434 e. The summed E-state index contributed by atoms with van der Waals surface area (Å²) in [6.07, 6.45) is 1.19. The number of hydrogen-bond acceptors (Lipinski definition) is 4. The van der Waals surface area contributed by atoms with E-state index in [4.69, 9.17) is 11.6 Å². The zero-order valence-electron chi connectivity index (χ0n) is 16.0. The Kier molecular flexibility index (Phi) is 8.21. The van der Waals surface area contributed by atoms with Crippen molar-refractivity contribution in [3.63, 3.8) is 0 Å². The molecule has 2 aromatic rings. The fourth-order valence-electron chi connectivity index (χ4n) is 2.54. The molecule has 0 aliphatic carbocycles. The van der Waals surface area contributed by atoms with Gasteiger partial charge in [-0.2, -0.15) is 8.78 Å². The van der Waals surface area contributed by atoms with Crippen LogP contribution < -0.4 is 15.4 Å². The van der Waals surface area contributed by atoms with Gasteiger partial charge in [-0.1, -0.05) is 35.9 Å². The van der Waals surface area contributed by atoms with Crippen molar-refractivity contribution in [2.45, 2.75) is 25.5 Å². The lowest BCUT2D eigenvalue weighted by Gasteiger charge is -2.15. The van der Waals surface area contributed by atoms with Gasteiger partial charge < -0.3 is 15.4 Å². The Labute approximate surface area is 173 Å². The molecule has 0 unspecified atom stereocenters. The Hall–Kier alpha value is -2.39. The molecule has 0 radical (unpaired) electrons. The van der Waals surface area contributed by atoms with Crippen LogP contribution in [0.25, 0.3) is 0 Å². The van der Waals surface area contributed by atoms with Crippen LogP contribution in [0.3, 0.4) is 0 Å². The van der Waals surface area contributed by atoms with E-state index in [0.717, 1.165) is 5.56 Å². The maximum atomic E-state index is 12.5. The molecule has 2 N–H and O–H groups in total. The Morgan fingerprint density at radius 2 is 1.72 bits per heavy atom. The quantitative estimate of drug-likeness (QED) is 0.481. The summed E-state index contributed by atoms with van der Waals surface area (Å²) in [6, 6.07) is 11.6. The Balaban J connectivity index is 1.94. The molecule has 0 aliphatic rings. The molecule has 0 saturated carbocycles. The maximum Gasteiger partial charge on any atom is 0.387 e. The van der Waals surface area contributed by atoms with Gasteiger partial charge in [0.1, 0.15) is 5.75 Å². The fraction of sp³-hybridized carbons (Fsp3) is 0.316. The number of nitrogens with zero attached hydrogens (tertiary/aromatic N) is 1. The number of benzene rings is 2. The highest BCUT2D eigenvalue weighted by Gasteiger charge is 2.11. The van der Waals surface area contributed by atoms with Crippen molar-refractivity contribution in [1.82, 2.24) is 10.6 Å². The second-order valence-electron chi connectivity index (χ2n) is 6.30. The van der Waals surface area contributed by atoms with Crippen molar-refractivity contribution in [2.75, 3.05) is 13.3 Å². The number of ether oxygens (including phenoxy) is 1. The van der Waals surface area contributed by atoms with Crippen molar-refractivity contribution >= 4 is 27.4 Å². The zero-order valence-corrected chi connectivity index (χ0v) is 17.5. The monoisotopic (exact) mass is 445 g/mol. The lowest BCUT2D eigenvalue weighted by molar-refractivity contribution is -0.0504. The van der Waals surface area contributed by atoms with E-state index in [0.29, 0.717) is 28.7 Å². The van der Waals surface area contributed by atoms with Crippen LogP contribution in [0.1, 0.15) is 16.7 Å². The molecule has 0 heterocycles. The predicted octanol–water partition coefficient (Wildman–Crippen LogP) is 3.35. The summed E-state index contributed by atoms with van der Waals surface area (Å²) >= 11 is 5.94. The fourth-order valence-corrected chi connectivity index (χ4v) is 3.53. The summed E-state index contributed by atoms with van der Waals surface area (Å²) in [6.45, 7) is -2.32. The van der Waals surface area contributed by atoms with Gasteiger partial charge in [-0.3, -0.25) is 4.99 Å². The minimum absolute atomic E-state index is 0.00735. The Morgan fingerprint density at radius 1 is 1.10 bits per heavy atom. The van der Waals surface area contributed by atoms with Gasteiger partial charge in [-0.25, -0.2) is 8.42 Å². The van der Waals surface area contributed by atoms with Crippen LogP contribution in [0.5, 0.6) is 5.75 Å². The van der Waals surface area contributed by atoms with E-state index in [-0.39, 0.29) is 18.0 Å². The van der Waals surface area contributed by atoms with Crippen molar-refractivity contribution in [1.29, 1.82) is 0 Å². The Morgan fingerprint density at radius 3 is 2.31 bits per heavy atom. The van der Waals surface area contributed by atoms with E-state index < -0.39 is 16.4 Å². The maximum absolute atomic E-state index is 12.5. The van der Waals surface area contributed by atoms with Crippen molar-refractivity contribution < 1.29 is 21.9 Å². The van der Waals surface area contributed by atoms with Gasteiger partial charge in [0, 0.05) is 37.0 Å². The SMILES string of the molecule is CN=C(NCc1ccc(CS(C)(=O)=O)cc1)NCc1cc(Cl)ccc1OC(F)F. The number of sulfone groups is 1. The Bertz CT molecular complexity index is 952. The zero-order chi connectivity index (χ0) is 21.4. The first-order valence-electron chi connectivity index (χ1n) is 8.59. The van der Waals surface area contributed by atoms with E-state index >= 15 is 0 Å². The molecular weight excluding hydrogens is 424 g/mol. The van der Waals surface area contributed by atoms with Crippen LogP contribution >= 0.6 is 11.6 Å². The average molecular weight is 446 g/mol. The summed E-state index contributed by atoms with van der Waals surface area (Å²) in [5, 5.41) is 6.52. The molecule has 0 spiro atoms. The van der Waals surface area contributed by atoms with E-state index in [2.05, 4.69) is 20.4 Å². The van der Waals surface area contributed by atoms with Crippen LogP contribution in [0, 0.1) is 0 Å². The molecule has 0 saturated heterocycles. The van der Waals surface area contributed by atoms with Crippen LogP contribution in [-0.2, 0) is 28.7 Å². The second-order valence-corrected chi connectivity index (χ2v) is 8.87. The van der Waals surface area contributed by atoms with Crippen LogP contribution in [0.15, 0.2) is 47.5 Å². The molecule has 10 heteroatoms. The highest BCUT2D eigenvalue weighted by atomic mass is 35.5. The number of rotatable bonds is 8. The van der Waals surface area contributed by atoms with Gasteiger partial charge >= 0.3 is 6.61 Å². The van der Waals surface area contributed by atoms with Crippen molar-refractivity contribution in [3.05, 3.63) is 64.2 Å². The third-order valence-corrected chi connectivity index (χ3v) is 4.91. The molecular formula is C19H22ClF2N3O3S. The van der Waals surface area contributed by atoms with Gasteiger partial charge in [0.05, 0.1) is 5.75 Å². The van der Waals surface area contributed by atoms with E-state index in [9.17, 15) is 17.2 Å². The first-order chi connectivity index (χ1) is 13.7. The van der Waals surface area contributed by atoms with Gasteiger partial charge in [0.15, 0.2) is 15.8 Å². The van der Waals surface area contributed by atoms with Gasteiger partial charge in [0.2, 0.25) is 0 Å². The van der Waals surface area contributed by atoms with E-state index in [1.807, 2.05) is 12.1 Å². The summed E-state index contributed by atoms with van der Waals surface area (Å²) in [4.78, 5) is 4.09. The molecule has 29 heavy (non-hydrogen) atoms. The smallest absolute Gasteiger partial charge is 0.387 e. The number of alkyl halides is 2. The summed E-state index contributed by atoms with van der Waals surface area (Å²) < 4.78 is 52.3. The highest BCUT2D eigenvalue weighted by Crippen LogP contribution is 2.24. The standard InChI is InChI=1S/C19H22ClF2N3O3S/c1-23-19(24-10-13-3-5-14(6-4-13)12-29(2,26)27)25-11-15-9-16(20)7-8-17(15)28-18(21)22/h3-9,18H,10-12H2,1-2H3,(H2,23,24,25). The van der Waals surface area contributed by atoms with E-state index in [1.165, 1.54) is 18.4 Å². The minimum Gasteiger partial charge on any atom is -0.434 e. The normalized spacial score (nSPS) is 12.1. The molecule has 0 fully saturated rings. The van der Waals surface area contributed by atoms with Crippen molar-refractivity contribution in [2.24, 2.45) is 4.99 Å². The molecule has 2 aromatic carbocycles. The molecule has 0 atom stereocenters. The third-order valence-electron chi connectivity index (χ3n) is 3.82. The third kappa shape index (κ3) is 8.25. The number of hydrogen-bond donors (Lipinski definition) is 2. The van der Waals surface area contributed by atoms with Gasteiger partial charge in [0.25, 0.3) is 0 Å². The lowest BCUT2D eigenvalue weighted by atomic mass is 10.1. The first-order valence-corrected chi connectivity index (χ1v) is 11.0. The topological polar surface area (TPSA) is 79.8 Å². The first kappa shape index (κ1) is 22.9. The minimum atomic E-state index is -3.08.